The molecule has 1 atom stereocenters. The molecule has 0 amide bonds. The second-order valence-electron chi connectivity index (χ2n) is 4.26. The topological polar surface area (TPSA) is 48.1 Å². The number of aryl methyl sites for hydroxylation is 1. The maximum absolute atomic E-state index is 5.85. The lowest BCUT2D eigenvalue weighted by Gasteiger charge is -2.12. The van der Waals surface area contributed by atoms with Crippen LogP contribution < -0.4 is 10.5 Å². The lowest BCUT2D eigenvalue weighted by Crippen LogP contribution is -2.26. The van der Waals surface area contributed by atoms with Crippen LogP contribution in [0.15, 0.2) is 30.3 Å². The van der Waals surface area contributed by atoms with Crippen molar-refractivity contribution in [2.75, 3.05) is 6.61 Å². The second kappa shape index (κ2) is 5.15. The molecule has 0 aliphatic carbocycles. The summed E-state index contributed by atoms with van der Waals surface area (Å²) in [5, 5.41) is 1.10. The molecule has 1 aromatic heterocycles. The minimum Gasteiger partial charge on any atom is -0.490 e. The Morgan fingerprint density at radius 3 is 2.88 bits per heavy atom. The minimum atomic E-state index is 0.0788. The molecule has 3 heteroatoms. The van der Waals surface area contributed by atoms with Crippen molar-refractivity contribution >= 4 is 10.9 Å². The summed E-state index contributed by atoms with van der Waals surface area (Å²) in [5.74, 6) is 0.815. The molecule has 0 saturated carbocycles. The molecule has 2 N–H and O–H groups in total. The van der Waals surface area contributed by atoms with Crippen molar-refractivity contribution < 1.29 is 4.74 Å². The number of para-hydroxylation sites is 1. The minimum absolute atomic E-state index is 0.0788. The third-order valence-corrected chi connectivity index (χ3v) is 2.80. The zero-order valence-electron chi connectivity index (χ0n) is 10.3. The Morgan fingerprint density at radius 1 is 1.29 bits per heavy atom. The highest BCUT2D eigenvalue weighted by Gasteiger charge is 2.05. The first-order chi connectivity index (χ1) is 8.20. The fraction of sp³-hybridized carbons (Fsp3) is 0.357. The predicted octanol–water partition coefficient (Wildman–Crippen LogP) is 2.66. The standard InChI is InChI=1S/C14H18N2O/c1-3-12(15)9-17-13-6-4-5-11-8-7-10(2)16-14(11)13/h4-8,12H,3,9,15H2,1-2H3. The van der Waals surface area contributed by atoms with Gasteiger partial charge >= 0.3 is 0 Å². The Hall–Kier alpha value is -1.61. The first-order valence-electron chi connectivity index (χ1n) is 5.95. The molecule has 0 aliphatic heterocycles. The van der Waals surface area contributed by atoms with Gasteiger partial charge in [0.15, 0.2) is 0 Å². The monoisotopic (exact) mass is 230 g/mol. The Kier molecular flexibility index (Phi) is 3.59. The van der Waals surface area contributed by atoms with Gasteiger partial charge in [0.25, 0.3) is 0 Å². The summed E-state index contributed by atoms with van der Waals surface area (Å²) in [6, 6.07) is 10.1. The van der Waals surface area contributed by atoms with E-state index >= 15 is 0 Å². The number of ether oxygens (including phenoxy) is 1. The number of aromatic nitrogens is 1. The fourth-order valence-corrected chi connectivity index (χ4v) is 1.65. The Morgan fingerprint density at radius 2 is 2.12 bits per heavy atom. The highest BCUT2D eigenvalue weighted by atomic mass is 16.5. The van der Waals surface area contributed by atoms with E-state index in [0.29, 0.717) is 6.61 Å². The van der Waals surface area contributed by atoms with Gasteiger partial charge in [-0.05, 0) is 25.5 Å². The van der Waals surface area contributed by atoms with E-state index in [1.807, 2.05) is 31.2 Å². The van der Waals surface area contributed by atoms with Gasteiger partial charge in [-0.3, -0.25) is 0 Å². The molecule has 1 aromatic carbocycles. The number of fused-ring (bicyclic) bond motifs is 1. The largest absolute Gasteiger partial charge is 0.490 e. The van der Waals surface area contributed by atoms with Crippen LogP contribution in [-0.2, 0) is 0 Å². The van der Waals surface area contributed by atoms with E-state index in [-0.39, 0.29) is 6.04 Å². The molecule has 0 fully saturated rings. The van der Waals surface area contributed by atoms with Crippen LogP contribution in [0.1, 0.15) is 19.0 Å². The maximum atomic E-state index is 5.85. The highest BCUT2D eigenvalue weighted by Crippen LogP contribution is 2.23. The third-order valence-electron chi connectivity index (χ3n) is 2.80. The van der Waals surface area contributed by atoms with Crippen LogP contribution in [0.25, 0.3) is 10.9 Å². The molecule has 2 aromatic rings. The number of hydrogen-bond acceptors (Lipinski definition) is 3. The van der Waals surface area contributed by atoms with Crippen LogP contribution in [0.5, 0.6) is 5.75 Å². The van der Waals surface area contributed by atoms with Crippen molar-refractivity contribution in [2.45, 2.75) is 26.3 Å². The summed E-state index contributed by atoms with van der Waals surface area (Å²) >= 11 is 0. The number of rotatable bonds is 4. The van der Waals surface area contributed by atoms with Crippen LogP contribution in [0.3, 0.4) is 0 Å². The molecule has 0 aliphatic rings. The fourth-order valence-electron chi connectivity index (χ4n) is 1.65. The molecule has 1 unspecified atom stereocenters. The van der Waals surface area contributed by atoms with Crippen LogP contribution in [0.2, 0.25) is 0 Å². The highest BCUT2D eigenvalue weighted by molar-refractivity contribution is 5.84. The molecule has 0 bridgehead atoms. The van der Waals surface area contributed by atoms with Crippen molar-refractivity contribution in [3.8, 4) is 5.75 Å². The quantitative estimate of drug-likeness (QED) is 0.878. The molecule has 2 rings (SSSR count). The predicted molar refractivity (Wildman–Crippen MR) is 70.2 cm³/mol. The summed E-state index contributed by atoms with van der Waals surface area (Å²) in [4.78, 5) is 4.51. The van der Waals surface area contributed by atoms with Crippen molar-refractivity contribution in [2.24, 2.45) is 5.73 Å². The van der Waals surface area contributed by atoms with Gasteiger partial charge in [-0.25, -0.2) is 4.98 Å². The summed E-state index contributed by atoms with van der Waals surface area (Å²) in [6.07, 6.45) is 0.914. The Bertz CT molecular complexity index is 511. The average Bonchev–Trinajstić information content (AvgIpc) is 2.35. The number of nitrogens with two attached hydrogens (primary N) is 1. The summed E-state index contributed by atoms with van der Waals surface area (Å²) in [6.45, 7) is 4.57. The van der Waals surface area contributed by atoms with E-state index in [4.69, 9.17) is 10.5 Å². The van der Waals surface area contributed by atoms with E-state index in [1.54, 1.807) is 0 Å². The van der Waals surface area contributed by atoms with E-state index < -0.39 is 0 Å². The van der Waals surface area contributed by atoms with E-state index in [0.717, 1.165) is 28.8 Å². The van der Waals surface area contributed by atoms with E-state index in [1.165, 1.54) is 0 Å². The van der Waals surface area contributed by atoms with Crippen LogP contribution in [-0.4, -0.2) is 17.6 Å². The van der Waals surface area contributed by atoms with Crippen LogP contribution in [0.4, 0.5) is 0 Å². The van der Waals surface area contributed by atoms with E-state index in [2.05, 4.69) is 18.0 Å². The zero-order valence-corrected chi connectivity index (χ0v) is 10.3. The lowest BCUT2D eigenvalue weighted by atomic mass is 10.2. The van der Waals surface area contributed by atoms with Gasteiger partial charge in [-0.15, -0.1) is 0 Å². The van der Waals surface area contributed by atoms with Gasteiger partial charge in [0.1, 0.15) is 17.9 Å². The molecule has 0 radical (unpaired) electrons. The molecular formula is C14H18N2O. The molecule has 0 spiro atoms. The lowest BCUT2D eigenvalue weighted by molar-refractivity contribution is 0.288. The Labute approximate surface area is 102 Å². The summed E-state index contributed by atoms with van der Waals surface area (Å²) in [7, 11) is 0. The molecule has 90 valence electrons. The van der Waals surface area contributed by atoms with Gasteiger partial charge in [0, 0.05) is 17.1 Å². The first kappa shape index (κ1) is 11.9. The zero-order chi connectivity index (χ0) is 12.3. The van der Waals surface area contributed by atoms with Gasteiger partial charge in [-0.2, -0.15) is 0 Å². The average molecular weight is 230 g/mol. The smallest absolute Gasteiger partial charge is 0.145 e. The molecule has 17 heavy (non-hydrogen) atoms. The van der Waals surface area contributed by atoms with Crippen LogP contribution >= 0.6 is 0 Å². The van der Waals surface area contributed by atoms with Gasteiger partial charge < -0.3 is 10.5 Å². The van der Waals surface area contributed by atoms with Crippen molar-refractivity contribution in [3.05, 3.63) is 36.0 Å². The van der Waals surface area contributed by atoms with Gasteiger partial charge in [-0.1, -0.05) is 25.1 Å². The number of hydrogen-bond donors (Lipinski definition) is 1. The molecule has 0 saturated heterocycles. The number of pyridine rings is 1. The van der Waals surface area contributed by atoms with Crippen LogP contribution in [0, 0.1) is 6.92 Å². The summed E-state index contributed by atoms with van der Waals surface area (Å²) in [5.41, 5.74) is 7.76. The maximum Gasteiger partial charge on any atom is 0.145 e. The SMILES string of the molecule is CCC(N)COc1cccc2ccc(C)nc12. The first-order valence-corrected chi connectivity index (χ1v) is 5.95. The molecule has 3 nitrogen and oxygen atoms in total. The number of nitrogens with zero attached hydrogens (tertiary/aromatic N) is 1. The van der Waals surface area contributed by atoms with E-state index in [9.17, 15) is 0 Å². The Balaban J connectivity index is 2.30. The van der Waals surface area contributed by atoms with Gasteiger partial charge in [0.05, 0.1) is 0 Å². The van der Waals surface area contributed by atoms with Crippen molar-refractivity contribution in [3.63, 3.8) is 0 Å². The number of benzene rings is 1. The van der Waals surface area contributed by atoms with Crippen molar-refractivity contribution in [1.29, 1.82) is 0 Å². The summed E-state index contributed by atoms with van der Waals surface area (Å²) < 4.78 is 5.74. The molecule has 1 heterocycles. The van der Waals surface area contributed by atoms with Gasteiger partial charge in [0.2, 0.25) is 0 Å². The molecular weight excluding hydrogens is 212 g/mol. The third kappa shape index (κ3) is 2.74. The van der Waals surface area contributed by atoms with Crippen molar-refractivity contribution in [1.82, 2.24) is 4.98 Å². The normalized spacial score (nSPS) is 12.6. The second-order valence-corrected chi connectivity index (χ2v) is 4.26.